The van der Waals surface area contributed by atoms with Crippen LogP contribution in [0.25, 0.3) is 16.9 Å². The van der Waals surface area contributed by atoms with Gasteiger partial charge in [-0.05, 0) is 43.4 Å². The van der Waals surface area contributed by atoms with E-state index in [0.717, 1.165) is 19.3 Å². The molecule has 4 rings (SSSR count). The van der Waals surface area contributed by atoms with Crippen molar-refractivity contribution < 1.29 is 27.8 Å². The molecule has 2 aromatic heterocycles. The second kappa shape index (κ2) is 10.5. The van der Waals surface area contributed by atoms with Gasteiger partial charge in [-0.2, -0.15) is 8.78 Å². The quantitative estimate of drug-likeness (QED) is 0.419. The van der Waals surface area contributed by atoms with E-state index in [-0.39, 0.29) is 29.1 Å². The number of nitrogens with one attached hydrogen (secondary N) is 1. The Morgan fingerprint density at radius 2 is 2.00 bits per heavy atom. The number of rotatable bonds is 11. The van der Waals surface area contributed by atoms with E-state index >= 15 is 0 Å². The molecule has 0 bridgehead atoms. The number of imidazole rings is 1. The Morgan fingerprint density at radius 3 is 2.66 bits per heavy atom. The molecule has 188 valence electrons. The lowest BCUT2D eigenvalue weighted by atomic mass is 10.1. The van der Waals surface area contributed by atoms with Gasteiger partial charge in [0.25, 0.3) is 5.91 Å². The summed E-state index contributed by atoms with van der Waals surface area (Å²) in [6.45, 7) is 1.50. The number of nitrogens with two attached hydrogens (primary N) is 1. The number of fused-ring (bicyclic) bond motifs is 1. The molecule has 1 aliphatic carbocycles. The number of pyridine rings is 1. The zero-order chi connectivity index (χ0) is 25.1. The van der Waals surface area contributed by atoms with Crippen molar-refractivity contribution in [1.82, 2.24) is 14.7 Å². The van der Waals surface area contributed by atoms with E-state index in [2.05, 4.69) is 24.1 Å². The number of hydrogen-bond acceptors (Lipinski definition) is 6. The maximum atomic E-state index is 13.2. The summed E-state index contributed by atoms with van der Waals surface area (Å²) in [7, 11) is 1.38. The SMILES string of the molecule is COc1cc(-c2cnc3cc(OCC(N)CC(C)C)ccn23)cc(OC(F)F)c1C(=O)NC1CC1. The maximum Gasteiger partial charge on any atom is 0.387 e. The number of aromatic nitrogens is 2. The van der Waals surface area contributed by atoms with Gasteiger partial charge in [0.2, 0.25) is 0 Å². The minimum absolute atomic E-state index is 0.0430. The van der Waals surface area contributed by atoms with Gasteiger partial charge in [-0.1, -0.05) is 13.8 Å². The maximum absolute atomic E-state index is 13.2. The highest BCUT2D eigenvalue weighted by atomic mass is 19.3. The van der Waals surface area contributed by atoms with Crippen molar-refractivity contribution in [2.24, 2.45) is 11.7 Å². The molecule has 2 heterocycles. The summed E-state index contributed by atoms with van der Waals surface area (Å²) >= 11 is 0. The number of halogens is 2. The third-order valence-electron chi connectivity index (χ3n) is 5.66. The summed E-state index contributed by atoms with van der Waals surface area (Å²) in [5, 5.41) is 2.79. The first-order chi connectivity index (χ1) is 16.7. The Morgan fingerprint density at radius 1 is 1.26 bits per heavy atom. The lowest BCUT2D eigenvalue weighted by Crippen LogP contribution is -2.29. The number of amides is 1. The number of benzene rings is 1. The average molecular weight is 489 g/mol. The number of carbonyl (C=O) groups is 1. The van der Waals surface area contributed by atoms with Crippen molar-refractivity contribution in [2.45, 2.75) is 51.8 Å². The van der Waals surface area contributed by atoms with E-state index in [4.69, 9.17) is 19.9 Å². The molecule has 35 heavy (non-hydrogen) atoms. The fraction of sp³-hybridized carbons (Fsp3) is 0.440. The lowest BCUT2D eigenvalue weighted by molar-refractivity contribution is -0.0502. The number of alkyl halides is 2. The minimum atomic E-state index is -3.11. The van der Waals surface area contributed by atoms with Crippen molar-refractivity contribution in [1.29, 1.82) is 0 Å². The van der Waals surface area contributed by atoms with E-state index in [0.29, 0.717) is 35.2 Å². The van der Waals surface area contributed by atoms with Crippen molar-refractivity contribution in [3.8, 4) is 28.5 Å². The zero-order valence-corrected chi connectivity index (χ0v) is 20.0. The third-order valence-corrected chi connectivity index (χ3v) is 5.66. The first-order valence-corrected chi connectivity index (χ1v) is 11.6. The lowest BCUT2D eigenvalue weighted by Gasteiger charge is -2.16. The van der Waals surface area contributed by atoms with Crippen molar-refractivity contribution in [3.63, 3.8) is 0 Å². The van der Waals surface area contributed by atoms with Crippen LogP contribution in [0.15, 0.2) is 36.7 Å². The molecule has 3 N–H and O–H groups in total. The number of nitrogens with zero attached hydrogens (tertiary/aromatic N) is 2. The fourth-order valence-electron chi connectivity index (χ4n) is 3.94. The molecule has 3 aromatic rings. The van der Waals surface area contributed by atoms with Crippen LogP contribution in [0.3, 0.4) is 0 Å². The summed E-state index contributed by atoms with van der Waals surface area (Å²) in [4.78, 5) is 17.2. The normalized spacial score (nSPS) is 14.4. The molecule has 0 aliphatic heterocycles. The summed E-state index contributed by atoms with van der Waals surface area (Å²) < 4.78 is 44.1. The molecule has 0 spiro atoms. The van der Waals surface area contributed by atoms with Gasteiger partial charge in [-0.3, -0.25) is 9.20 Å². The highest BCUT2D eigenvalue weighted by Gasteiger charge is 2.29. The van der Waals surface area contributed by atoms with Crippen LogP contribution in [0, 0.1) is 5.92 Å². The molecule has 10 heteroatoms. The number of carbonyl (C=O) groups excluding carboxylic acids is 1. The Hall–Kier alpha value is -3.40. The van der Waals surface area contributed by atoms with E-state index in [9.17, 15) is 13.6 Å². The first-order valence-electron chi connectivity index (χ1n) is 11.6. The van der Waals surface area contributed by atoms with Crippen LogP contribution in [0.4, 0.5) is 8.78 Å². The molecule has 1 saturated carbocycles. The topological polar surface area (TPSA) is 100 Å². The molecule has 1 aliphatic rings. The number of hydrogen-bond donors (Lipinski definition) is 2. The molecule has 0 saturated heterocycles. The minimum Gasteiger partial charge on any atom is -0.496 e. The average Bonchev–Trinajstić information content (AvgIpc) is 3.51. The molecule has 8 nitrogen and oxygen atoms in total. The third kappa shape index (κ3) is 6.00. The van der Waals surface area contributed by atoms with Crippen LogP contribution in [-0.2, 0) is 0 Å². The smallest absolute Gasteiger partial charge is 0.387 e. The summed E-state index contributed by atoms with van der Waals surface area (Å²) in [5.74, 6) is 0.460. The van der Waals surface area contributed by atoms with Crippen molar-refractivity contribution >= 4 is 11.6 Å². The van der Waals surface area contributed by atoms with E-state index in [1.807, 2.05) is 0 Å². The Labute approximate surface area is 202 Å². The van der Waals surface area contributed by atoms with Gasteiger partial charge in [0.05, 0.1) is 19.0 Å². The largest absolute Gasteiger partial charge is 0.496 e. The Balaban J connectivity index is 1.64. The summed E-state index contributed by atoms with van der Waals surface area (Å²) in [5.41, 5.74) is 7.74. The molecular formula is C25H30F2N4O4. The molecule has 1 fully saturated rings. The van der Waals surface area contributed by atoms with Crippen LogP contribution >= 0.6 is 0 Å². The predicted molar refractivity (Wildman–Crippen MR) is 127 cm³/mol. The van der Waals surface area contributed by atoms with Crippen LogP contribution in [0.5, 0.6) is 17.2 Å². The molecule has 1 atom stereocenters. The van der Waals surface area contributed by atoms with Crippen LogP contribution < -0.4 is 25.3 Å². The van der Waals surface area contributed by atoms with Gasteiger partial charge in [-0.15, -0.1) is 0 Å². The molecular weight excluding hydrogens is 458 g/mol. The van der Waals surface area contributed by atoms with Gasteiger partial charge < -0.3 is 25.3 Å². The van der Waals surface area contributed by atoms with Gasteiger partial charge in [0.15, 0.2) is 0 Å². The molecule has 0 radical (unpaired) electrons. The molecule has 1 unspecified atom stereocenters. The van der Waals surface area contributed by atoms with E-state index < -0.39 is 12.5 Å². The van der Waals surface area contributed by atoms with E-state index in [1.54, 1.807) is 35.0 Å². The highest BCUT2D eigenvalue weighted by molar-refractivity contribution is 6.01. The fourth-order valence-corrected chi connectivity index (χ4v) is 3.94. The van der Waals surface area contributed by atoms with Crippen molar-refractivity contribution in [2.75, 3.05) is 13.7 Å². The Bertz CT molecular complexity index is 1190. The van der Waals surface area contributed by atoms with Crippen LogP contribution in [-0.4, -0.2) is 47.7 Å². The van der Waals surface area contributed by atoms with Gasteiger partial charge in [-0.25, -0.2) is 4.98 Å². The monoisotopic (exact) mass is 488 g/mol. The second-order valence-corrected chi connectivity index (χ2v) is 9.11. The standard InChI is InChI=1S/C25H30F2N4O4/c1-14(2)8-16(28)13-34-18-6-7-31-19(12-29-22(31)11-18)15-9-20(33-3)23(21(10-15)35-25(26)27)24(32)30-17-4-5-17/h6-7,9-12,14,16-17,25H,4-5,8,13,28H2,1-3H3,(H,30,32). The number of methoxy groups -OCH3 is 1. The predicted octanol–water partition coefficient (Wildman–Crippen LogP) is 4.26. The van der Waals surface area contributed by atoms with Gasteiger partial charge in [0, 0.05) is 29.9 Å². The second-order valence-electron chi connectivity index (χ2n) is 9.11. The first kappa shape index (κ1) is 24.7. The highest BCUT2D eigenvalue weighted by Crippen LogP contribution is 2.37. The summed E-state index contributed by atoms with van der Waals surface area (Å²) in [6, 6.07) is 6.54. The van der Waals surface area contributed by atoms with Crippen LogP contribution in [0.2, 0.25) is 0 Å². The van der Waals surface area contributed by atoms with E-state index in [1.165, 1.54) is 13.2 Å². The van der Waals surface area contributed by atoms with Gasteiger partial charge in [0.1, 0.15) is 35.1 Å². The van der Waals surface area contributed by atoms with Crippen molar-refractivity contribution in [3.05, 3.63) is 42.2 Å². The summed E-state index contributed by atoms with van der Waals surface area (Å²) in [6.07, 6.45) is 5.95. The van der Waals surface area contributed by atoms with Crippen LogP contribution in [0.1, 0.15) is 43.5 Å². The molecule has 1 amide bonds. The molecule has 1 aromatic carbocycles. The zero-order valence-electron chi connectivity index (χ0n) is 20.0. The number of ether oxygens (including phenoxy) is 3. The van der Waals surface area contributed by atoms with Gasteiger partial charge >= 0.3 is 6.61 Å². The Kier molecular flexibility index (Phi) is 7.39.